The van der Waals surface area contributed by atoms with Crippen molar-refractivity contribution in [1.82, 2.24) is 0 Å². The van der Waals surface area contributed by atoms with E-state index in [1.165, 1.54) is 0 Å². The van der Waals surface area contributed by atoms with Crippen LogP contribution in [-0.2, 0) is 26.1 Å². The average Bonchev–Trinajstić information content (AvgIpc) is 1.71. The van der Waals surface area contributed by atoms with Crippen molar-refractivity contribution >= 4 is 25.3 Å². The van der Waals surface area contributed by atoms with Gasteiger partial charge in [0.2, 0.25) is 0 Å². The Morgan fingerprint density at radius 1 is 1.50 bits per heavy atom. The number of hydrogen-bond donors (Lipinski definition) is 3. The monoisotopic (exact) mass is 341 g/mol. The molecule has 0 unspecified atom stereocenters. The fourth-order valence-corrected chi connectivity index (χ4v) is 0. The summed E-state index contributed by atoms with van der Waals surface area (Å²) in [5.41, 5.74) is 0. The SMILES string of the molecule is CCC(O)(S)S.[CH3][Hg+]. The van der Waals surface area contributed by atoms with E-state index in [1.807, 2.05) is 0 Å². The van der Waals surface area contributed by atoms with Crippen molar-refractivity contribution in [2.24, 2.45) is 0 Å². The van der Waals surface area contributed by atoms with Crippen molar-refractivity contribution in [3.05, 3.63) is 0 Å². The molecule has 0 saturated heterocycles. The summed E-state index contributed by atoms with van der Waals surface area (Å²) >= 11 is 8.38. The molecular weight excluding hydrogens is 329 g/mol. The van der Waals surface area contributed by atoms with Crippen LogP contribution in [0.25, 0.3) is 0 Å². The van der Waals surface area contributed by atoms with Crippen LogP contribution in [0.1, 0.15) is 13.3 Å². The number of rotatable bonds is 1. The molecule has 1 nitrogen and oxygen atoms in total. The molecule has 0 aliphatic carbocycles. The van der Waals surface area contributed by atoms with Gasteiger partial charge in [-0.15, -0.1) is 25.3 Å². The van der Waals surface area contributed by atoms with Crippen molar-refractivity contribution in [2.45, 2.75) is 22.0 Å². The molecule has 0 aliphatic heterocycles. The van der Waals surface area contributed by atoms with E-state index >= 15 is 0 Å². The Labute approximate surface area is 78.0 Å². The van der Waals surface area contributed by atoms with Crippen LogP contribution in [0.4, 0.5) is 0 Å². The molecule has 0 spiro atoms. The number of aliphatic hydroxyl groups is 1. The van der Waals surface area contributed by atoms with Gasteiger partial charge in [-0.3, -0.25) is 0 Å². The minimum absolute atomic E-state index is 0.555. The molecule has 0 bridgehead atoms. The molecule has 46 valence electrons. The van der Waals surface area contributed by atoms with Gasteiger partial charge in [-0.25, -0.2) is 0 Å². The summed E-state index contributed by atoms with van der Waals surface area (Å²) in [6.07, 6.45) is 0.555. The second-order valence-electron chi connectivity index (χ2n) is 1.13. The Balaban J connectivity index is 0. The van der Waals surface area contributed by atoms with Crippen LogP contribution in [0.3, 0.4) is 0 Å². The van der Waals surface area contributed by atoms with Gasteiger partial charge in [-0.2, -0.15) is 0 Å². The van der Waals surface area contributed by atoms with E-state index in [1.54, 1.807) is 6.92 Å². The molecule has 0 rings (SSSR count). The van der Waals surface area contributed by atoms with Gasteiger partial charge in [-0.1, -0.05) is 6.92 Å². The van der Waals surface area contributed by atoms with Gasteiger partial charge in [0.25, 0.3) is 0 Å². The zero-order valence-electron chi connectivity index (χ0n) is 5.26. The zero-order chi connectivity index (χ0) is 7.21. The fraction of sp³-hybridized carbons (Fsp3) is 1.00. The standard InChI is InChI=1S/C3H8OS2.CH3.Hg/c1-2-3(4,5)6;;/h4-6H,2H2,1H3;1H3;/q;;+1. The summed E-state index contributed by atoms with van der Waals surface area (Å²) in [6, 6.07) is 0. The van der Waals surface area contributed by atoms with Gasteiger partial charge >= 0.3 is 30.6 Å². The molecule has 0 aromatic heterocycles. The van der Waals surface area contributed by atoms with E-state index < -0.39 is 4.27 Å². The van der Waals surface area contributed by atoms with Gasteiger partial charge in [0.05, 0.1) is 0 Å². The second kappa shape index (κ2) is 6.71. The molecule has 1 N–H and O–H groups in total. The third-order valence-corrected chi connectivity index (χ3v) is 1.11. The van der Waals surface area contributed by atoms with Crippen molar-refractivity contribution < 1.29 is 31.2 Å². The van der Waals surface area contributed by atoms with Crippen LogP contribution < -0.4 is 0 Å². The molecule has 0 aromatic rings. The summed E-state index contributed by atoms with van der Waals surface area (Å²) in [5, 5.41) is 8.55. The zero-order valence-corrected chi connectivity index (χ0v) is 12.5. The van der Waals surface area contributed by atoms with E-state index in [4.69, 9.17) is 5.11 Å². The molecule has 0 aliphatic rings. The third kappa shape index (κ3) is 15.6. The fourth-order valence-electron chi connectivity index (χ4n) is 0. The maximum atomic E-state index is 8.55. The molecule has 0 radical (unpaired) electrons. The van der Waals surface area contributed by atoms with E-state index in [2.05, 4.69) is 29.7 Å². The van der Waals surface area contributed by atoms with Crippen molar-refractivity contribution in [3.63, 3.8) is 0 Å². The predicted octanol–water partition coefficient (Wildman–Crippen LogP) is 1.48. The predicted molar refractivity (Wildman–Crippen MR) is 39.1 cm³/mol. The summed E-state index contributed by atoms with van der Waals surface area (Å²) in [5.74, 6) is 0. The van der Waals surface area contributed by atoms with Crippen LogP contribution in [0.2, 0.25) is 4.43 Å². The second-order valence-corrected chi connectivity index (χ2v) is 2.96. The molecule has 0 saturated carbocycles. The topological polar surface area (TPSA) is 20.2 Å². The maximum absolute atomic E-state index is 8.55. The van der Waals surface area contributed by atoms with Crippen LogP contribution in [0.15, 0.2) is 0 Å². The molecule has 0 amide bonds. The van der Waals surface area contributed by atoms with Crippen LogP contribution in [0.5, 0.6) is 0 Å². The normalized spacial score (nSPS) is 9.88. The summed E-state index contributed by atoms with van der Waals surface area (Å²) < 4.78 is 1.12. The third-order valence-electron chi connectivity index (χ3n) is 0.474. The van der Waals surface area contributed by atoms with E-state index in [9.17, 15) is 0 Å². The first kappa shape index (κ1) is 12.3. The Bertz CT molecular complexity index is 43.8. The quantitative estimate of drug-likeness (QED) is 0.375. The minimum atomic E-state index is -1.07. The van der Waals surface area contributed by atoms with E-state index in [0.29, 0.717) is 6.42 Å². The molecule has 0 fully saturated rings. The van der Waals surface area contributed by atoms with Gasteiger partial charge in [-0.05, 0) is 6.42 Å². The summed E-state index contributed by atoms with van der Waals surface area (Å²) in [4.78, 5) is 0. The van der Waals surface area contributed by atoms with Gasteiger partial charge in [0.1, 0.15) is 0 Å². The molecule has 0 heterocycles. The average molecular weight is 340 g/mol. The van der Waals surface area contributed by atoms with Crippen molar-refractivity contribution in [2.75, 3.05) is 0 Å². The van der Waals surface area contributed by atoms with Crippen molar-refractivity contribution in [1.29, 1.82) is 0 Å². The Kier molecular flexibility index (Phi) is 10.3. The summed E-state index contributed by atoms with van der Waals surface area (Å²) in [6.45, 7) is 1.81. The molecule has 4 heteroatoms. The van der Waals surface area contributed by atoms with Crippen LogP contribution >= 0.6 is 25.3 Å². The first-order valence-corrected chi connectivity index (χ1v) is 8.83. The first-order chi connectivity index (χ1) is 3.56. The van der Waals surface area contributed by atoms with Gasteiger partial charge in [0.15, 0.2) is 4.27 Å². The molecular formula is C4H11HgOS2+. The van der Waals surface area contributed by atoms with Crippen molar-refractivity contribution in [3.8, 4) is 0 Å². The van der Waals surface area contributed by atoms with E-state index in [-0.39, 0.29) is 0 Å². The molecule has 0 atom stereocenters. The van der Waals surface area contributed by atoms with E-state index in [0.717, 1.165) is 26.1 Å². The first-order valence-electron chi connectivity index (χ1n) is 2.44. The van der Waals surface area contributed by atoms with Crippen LogP contribution in [-0.4, -0.2) is 9.37 Å². The summed E-state index contributed by atoms with van der Waals surface area (Å²) in [7, 11) is 0. The number of thiol groups is 2. The van der Waals surface area contributed by atoms with Crippen LogP contribution in [0, 0.1) is 0 Å². The Morgan fingerprint density at radius 2 is 1.62 bits per heavy atom. The van der Waals surface area contributed by atoms with Gasteiger partial charge in [0, 0.05) is 0 Å². The Morgan fingerprint density at radius 3 is 1.62 bits per heavy atom. The Hall–Kier alpha value is 1.60. The van der Waals surface area contributed by atoms with Gasteiger partial charge < -0.3 is 5.11 Å². The molecule has 0 aromatic carbocycles. The number of hydrogen-bond acceptors (Lipinski definition) is 3. The molecule has 8 heavy (non-hydrogen) atoms.